The number of para-hydroxylation sites is 1. The first-order chi connectivity index (χ1) is 8.58. The molecule has 0 fully saturated rings. The average Bonchev–Trinajstić information content (AvgIpc) is 2.76. The summed E-state index contributed by atoms with van der Waals surface area (Å²) in [6.07, 6.45) is 1.84. The number of benzene rings is 1. The van der Waals surface area contributed by atoms with Crippen molar-refractivity contribution in [2.24, 2.45) is 7.05 Å². The largest absolute Gasteiger partial charge is 0.398 e. The molecule has 1 aromatic heterocycles. The molecule has 0 radical (unpaired) electrons. The maximum Gasteiger partial charge on any atom is 0.253 e. The van der Waals surface area contributed by atoms with Crippen LogP contribution in [-0.4, -0.2) is 15.7 Å². The summed E-state index contributed by atoms with van der Waals surface area (Å²) in [5.41, 5.74) is 8.63. The Morgan fingerprint density at radius 1 is 1.44 bits per heavy atom. The second-order valence-electron chi connectivity index (χ2n) is 4.20. The van der Waals surface area contributed by atoms with E-state index in [2.05, 4.69) is 10.4 Å². The Hall–Kier alpha value is -2.30. The summed E-state index contributed by atoms with van der Waals surface area (Å²) in [6, 6.07) is 7.28. The highest BCUT2D eigenvalue weighted by molar-refractivity contribution is 5.99. The maximum absolute atomic E-state index is 12.0. The van der Waals surface area contributed by atoms with Crippen molar-refractivity contribution in [1.29, 1.82) is 0 Å². The van der Waals surface area contributed by atoms with Crippen LogP contribution in [0.1, 0.15) is 21.6 Å². The molecule has 1 heterocycles. The quantitative estimate of drug-likeness (QED) is 0.798. The number of anilines is 1. The zero-order valence-electron chi connectivity index (χ0n) is 10.5. The number of hydrogen-bond acceptors (Lipinski definition) is 3. The van der Waals surface area contributed by atoms with Gasteiger partial charge in [0.25, 0.3) is 5.91 Å². The van der Waals surface area contributed by atoms with Crippen LogP contribution in [0.2, 0.25) is 0 Å². The molecule has 0 spiro atoms. The number of aryl methyl sites for hydroxylation is 2. The second-order valence-corrected chi connectivity index (χ2v) is 4.20. The lowest BCUT2D eigenvalue weighted by Gasteiger charge is -2.08. The van der Waals surface area contributed by atoms with Crippen molar-refractivity contribution >= 4 is 11.6 Å². The summed E-state index contributed by atoms with van der Waals surface area (Å²) < 4.78 is 1.70. The van der Waals surface area contributed by atoms with Gasteiger partial charge in [0.2, 0.25) is 0 Å². The van der Waals surface area contributed by atoms with E-state index in [-0.39, 0.29) is 5.91 Å². The number of nitrogens with one attached hydrogen (secondary N) is 1. The van der Waals surface area contributed by atoms with Crippen LogP contribution >= 0.6 is 0 Å². The molecule has 0 unspecified atom stereocenters. The molecule has 18 heavy (non-hydrogen) atoms. The SMILES string of the molecule is Cc1cccc(C(=O)NCc2ccn(C)n2)c1N. The zero-order valence-corrected chi connectivity index (χ0v) is 10.5. The van der Waals surface area contributed by atoms with E-state index in [1.807, 2.05) is 38.4 Å². The van der Waals surface area contributed by atoms with Gasteiger partial charge in [-0.1, -0.05) is 12.1 Å². The van der Waals surface area contributed by atoms with Gasteiger partial charge in [-0.15, -0.1) is 0 Å². The first-order valence-electron chi connectivity index (χ1n) is 5.69. The number of amides is 1. The minimum absolute atomic E-state index is 0.179. The molecule has 5 heteroatoms. The number of aromatic nitrogens is 2. The number of hydrogen-bond donors (Lipinski definition) is 2. The van der Waals surface area contributed by atoms with Gasteiger partial charge in [-0.2, -0.15) is 5.10 Å². The van der Waals surface area contributed by atoms with E-state index >= 15 is 0 Å². The number of carbonyl (C=O) groups excluding carboxylic acids is 1. The lowest BCUT2D eigenvalue weighted by atomic mass is 10.1. The fourth-order valence-corrected chi connectivity index (χ4v) is 1.70. The van der Waals surface area contributed by atoms with Crippen LogP contribution in [-0.2, 0) is 13.6 Å². The molecule has 2 rings (SSSR count). The minimum Gasteiger partial charge on any atom is -0.398 e. The van der Waals surface area contributed by atoms with E-state index in [0.29, 0.717) is 17.8 Å². The van der Waals surface area contributed by atoms with Crippen LogP contribution in [0.15, 0.2) is 30.5 Å². The van der Waals surface area contributed by atoms with Crippen LogP contribution in [0.25, 0.3) is 0 Å². The molecule has 1 amide bonds. The predicted octanol–water partition coefficient (Wildman–Crippen LogP) is 1.24. The lowest BCUT2D eigenvalue weighted by Crippen LogP contribution is -2.24. The number of nitrogen functional groups attached to an aromatic ring is 1. The van der Waals surface area contributed by atoms with Crippen molar-refractivity contribution < 1.29 is 4.79 Å². The molecule has 0 saturated heterocycles. The first kappa shape index (κ1) is 12.2. The molecule has 0 atom stereocenters. The summed E-state index contributed by atoms with van der Waals surface area (Å²) in [4.78, 5) is 12.0. The first-order valence-corrected chi connectivity index (χ1v) is 5.69. The number of nitrogens with zero attached hydrogens (tertiary/aromatic N) is 2. The van der Waals surface area contributed by atoms with Crippen LogP contribution < -0.4 is 11.1 Å². The fraction of sp³-hybridized carbons (Fsp3) is 0.231. The van der Waals surface area contributed by atoms with Crippen molar-refractivity contribution in [1.82, 2.24) is 15.1 Å². The molecule has 0 saturated carbocycles. The van der Waals surface area contributed by atoms with Crippen molar-refractivity contribution in [2.75, 3.05) is 5.73 Å². The highest BCUT2D eigenvalue weighted by atomic mass is 16.1. The molecule has 94 valence electrons. The van der Waals surface area contributed by atoms with Crippen molar-refractivity contribution in [2.45, 2.75) is 13.5 Å². The standard InChI is InChI=1S/C13H16N4O/c1-9-4-3-5-11(12(9)14)13(18)15-8-10-6-7-17(2)16-10/h3-7H,8,14H2,1-2H3,(H,15,18). The molecule has 0 aliphatic heterocycles. The van der Waals surface area contributed by atoms with Crippen molar-refractivity contribution in [3.8, 4) is 0 Å². The van der Waals surface area contributed by atoms with Gasteiger partial charge in [0, 0.05) is 18.9 Å². The van der Waals surface area contributed by atoms with Gasteiger partial charge < -0.3 is 11.1 Å². The third kappa shape index (κ3) is 2.51. The fourth-order valence-electron chi connectivity index (χ4n) is 1.70. The summed E-state index contributed by atoms with van der Waals surface area (Å²) in [7, 11) is 1.84. The van der Waals surface area contributed by atoms with Gasteiger partial charge in [0.1, 0.15) is 0 Å². The van der Waals surface area contributed by atoms with Gasteiger partial charge in [-0.05, 0) is 24.6 Å². The monoisotopic (exact) mass is 244 g/mol. The van der Waals surface area contributed by atoms with Crippen LogP contribution in [0.4, 0.5) is 5.69 Å². The molecule has 5 nitrogen and oxygen atoms in total. The Labute approximate surface area is 106 Å². The average molecular weight is 244 g/mol. The molecular formula is C13H16N4O. The number of rotatable bonds is 3. The van der Waals surface area contributed by atoms with Crippen molar-refractivity contribution in [3.63, 3.8) is 0 Å². The van der Waals surface area contributed by atoms with E-state index in [1.165, 1.54) is 0 Å². The van der Waals surface area contributed by atoms with Gasteiger partial charge >= 0.3 is 0 Å². The molecule has 1 aromatic carbocycles. The number of nitrogens with two attached hydrogens (primary N) is 1. The summed E-state index contributed by atoms with van der Waals surface area (Å²) in [5.74, 6) is -0.179. The minimum atomic E-state index is -0.179. The Morgan fingerprint density at radius 2 is 2.22 bits per heavy atom. The Bertz CT molecular complexity index is 574. The Balaban J connectivity index is 2.06. The maximum atomic E-state index is 12.0. The smallest absolute Gasteiger partial charge is 0.253 e. The van der Waals surface area contributed by atoms with E-state index in [4.69, 9.17) is 5.73 Å². The summed E-state index contributed by atoms with van der Waals surface area (Å²) in [5, 5.41) is 6.99. The highest BCUT2D eigenvalue weighted by Crippen LogP contribution is 2.16. The predicted molar refractivity (Wildman–Crippen MR) is 70.0 cm³/mol. The molecular weight excluding hydrogens is 228 g/mol. The van der Waals surface area contributed by atoms with E-state index in [1.54, 1.807) is 10.7 Å². The lowest BCUT2D eigenvalue weighted by molar-refractivity contribution is 0.0951. The molecule has 2 aromatic rings. The van der Waals surface area contributed by atoms with Gasteiger partial charge in [-0.3, -0.25) is 9.48 Å². The Kier molecular flexibility index (Phi) is 3.32. The summed E-state index contributed by atoms with van der Waals surface area (Å²) in [6.45, 7) is 2.28. The normalized spacial score (nSPS) is 10.3. The molecule has 0 aliphatic carbocycles. The van der Waals surface area contributed by atoms with E-state index in [0.717, 1.165) is 11.3 Å². The highest BCUT2D eigenvalue weighted by Gasteiger charge is 2.10. The molecule has 0 aliphatic rings. The third-order valence-corrected chi connectivity index (χ3v) is 2.77. The van der Waals surface area contributed by atoms with Gasteiger partial charge in [0.05, 0.1) is 17.8 Å². The second kappa shape index (κ2) is 4.91. The van der Waals surface area contributed by atoms with E-state index < -0.39 is 0 Å². The summed E-state index contributed by atoms with van der Waals surface area (Å²) >= 11 is 0. The van der Waals surface area contributed by atoms with Crippen LogP contribution in [0, 0.1) is 6.92 Å². The van der Waals surface area contributed by atoms with Crippen molar-refractivity contribution in [3.05, 3.63) is 47.3 Å². The van der Waals surface area contributed by atoms with Crippen LogP contribution in [0.5, 0.6) is 0 Å². The molecule has 0 bridgehead atoms. The van der Waals surface area contributed by atoms with Crippen LogP contribution in [0.3, 0.4) is 0 Å². The van der Waals surface area contributed by atoms with E-state index in [9.17, 15) is 4.79 Å². The third-order valence-electron chi connectivity index (χ3n) is 2.77. The van der Waals surface area contributed by atoms with Gasteiger partial charge in [0.15, 0.2) is 0 Å². The van der Waals surface area contributed by atoms with Gasteiger partial charge in [-0.25, -0.2) is 0 Å². The topological polar surface area (TPSA) is 72.9 Å². The zero-order chi connectivity index (χ0) is 13.1. The Morgan fingerprint density at radius 3 is 2.89 bits per heavy atom. The molecule has 3 N–H and O–H groups in total. The number of carbonyl (C=O) groups is 1.